The molecule has 1 aromatic carbocycles. The SMILES string of the molecule is Cc1cn2ccnc2c(NCc2c(C)cc(F)cc2C)c1C. The minimum atomic E-state index is -0.180. The van der Waals surface area contributed by atoms with Crippen LogP contribution in [0.25, 0.3) is 5.65 Å². The molecule has 0 atom stereocenters. The molecule has 1 N–H and O–H groups in total. The monoisotopic (exact) mass is 297 g/mol. The highest BCUT2D eigenvalue weighted by molar-refractivity contribution is 5.73. The van der Waals surface area contributed by atoms with Crippen LogP contribution in [0.1, 0.15) is 27.8 Å². The molecule has 0 fully saturated rings. The number of benzene rings is 1. The van der Waals surface area contributed by atoms with E-state index in [1.807, 2.05) is 24.4 Å². The number of hydrogen-bond acceptors (Lipinski definition) is 2. The summed E-state index contributed by atoms with van der Waals surface area (Å²) in [5.74, 6) is -0.180. The van der Waals surface area contributed by atoms with E-state index in [0.717, 1.165) is 28.0 Å². The smallest absolute Gasteiger partial charge is 0.160 e. The van der Waals surface area contributed by atoms with Crippen molar-refractivity contribution >= 4 is 11.3 Å². The predicted octanol–water partition coefficient (Wildman–Crippen LogP) is 4.32. The van der Waals surface area contributed by atoms with E-state index in [1.54, 1.807) is 18.3 Å². The molecule has 0 saturated carbocycles. The second-order valence-corrected chi connectivity index (χ2v) is 5.84. The van der Waals surface area contributed by atoms with Crippen LogP contribution in [0.4, 0.5) is 10.1 Å². The van der Waals surface area contributed by atoms with Gasteiger partial charge < -0.3 is 9.72 Å². The standard InChI is InChI=1S/C18H20FN3/c1-11-7-15(19)8-12(2)16(11)9-21-17-14(4)13(3)10-22-6-5-20-18(17)22/h5-8,10,21H,9H2,1-4H3. The van der Waals surface area contributed by atoms with E-state index in [9.17, 15) is 4.39 Å². The predicted molar refractivity (Wildman–Crippen MR) is 87.9 cm³/mol. The van der Waals surface area contributed by atoms with Crippen LogP contribution in [0.5, 0.6) is 0 Å². The Morgan fingerprint density at radius 1 is 1.09 bits per heavy atom. The number of nitrogens with one attached hydrogen (secondary N) is 1. The normalized spacial score (nSPS) is 11.1. The van der Waals surface area contributed by atoms with Gasteiger partial charge in [0.2, 0.25) is 0 Å². The lowest BCUT2D eigenvalue weighted by Gasteiger charge is -2.16. The third kappa shape index (κ3) is 2.45. The lowest BCUT2D eigenvalue weighted by molar-refractivity contribution is 0.624. The maximum Gasteiger partial charge on any atom is 0.160 e. The molecule has 3 rings (SSSR count). The van der Waals surface area contributed by atoms with Gasteiger partial charge in [0.1, 0.15) is 5.82 Å². The van der Waals surface area contributed by atoms with E-state index in [2.05, 4.69) is 30.3 Å². The fourth-order valence-corrected chi connectivity index (χ4v) is 2.89. The van der Waals surface area contributed by atoms with Crippen LogP contribution < -0.4 is 5.32 Å². The van der Waals surface area contributed by atoms with E-state index >= 15 is 0 Å². The van der Waals surface area contributed by atoms with Gasteiger partial charge in [-0.1, -0.05) is 0 Å². The van der Waals surface area contributed by atoms with Gasteiger partial charge in [-0.3, -0.25) is 0 Å². The zero-order valence-electron chi connectivity index (χ0n) is 13.4. The van der Waals surface area contributed by atoms with Gasteiger partial charge in [0.25, 0.3) is 0 Å². The number of anilines is 1. The highest BCUT2D eigenvalue weighted by Crippen LogP contribution is 2.25. The second-order valence-electron chi connectivity index (χ2n) is 5.84. The summed E-state index contributed by atoms with van der Waals surface area (Å²) in [7, 11) is 0. The van der Waals surface area contributed by atoms with E-state index in [1.165, 1.54) is 11.1 Å². The van der Waals surface area contributed by atoms with Crippen molar-refractivity contribution in [3.05, 3.63) is 64.4 Å². The van der Waals surface area contributed by atoms with Crippen LogP contribution in [0.15, 0.2) is 30.7 Å². The Bertz CT molecular complexity index is 826. The molecule has 0 spiro atoms. The molecule has 22 heavy (non-hydrogen) atoms. The summed E-state index contributed by atoms with van der Waals surface area (Å²) in [5, 5.41) is 3.49. The van der Waals surface area contributed by atoms with Crippen LogP contribution in [-0.2, 0) is 6.54 Å². The van der Waals surface area contributed by atoms with Crippen LogP contribution in [0, 0.1) is 33.5 Å². The van der Waals surface area contributed by atoms with Crippen molar-refractivity contribution in [2.45, 2.75) is 34.2 Å². The minimum absolute atomic E-state index is 0.180. The molecule has 0 aliphatic carbocycles. The zero-order chi connectivity index (χ0) is 15.9. The lowest BCUT2D eigenvalue weighted by Crippen LogP contribution is -2.07. The summed E-state index contributed by atoms with van der Waals surface area (Å²) >= 11 is 0. The van der Waals surface area contributed by atoms with E-state index in [0.29, 0.717) is 6.54 Å². The molecule has 3 nitrogen and oxygen atoms in total. The van der Waals surface area contributed by atoms with Gasteiger partial charge in [-0.15, -0.1) is 0 Å². The Balaban J connectivity index is 1.98. The average molecular weight is 297 g/mol. The molecule has 0 aliphatic rings. The first-order valence-corrected chi connectivity index (χ1v) is 7.39. The van der Waals surface area contributed by atoms with E-state index < -0.39 is 0 Å². The number of hydrogen-bond donors (Lipinski definition) is 1. The summed E-state index contributed by atoms with van der Waals surface area (Å²) in [6.45, 7) is 8.73. The Morgan fingerprint density at radius 2 is 1.77 bits per heavy atom. The van der Waals surface area contributed by atoms with Gasteiger partial charge in [0, 0.05) is 25.1 Å². The topological polar surface area (TPSA) is 29.3 Å². The van der Waals surface area contributed by atoms with Crippen molar-refractivity contribution in [3.63, 3.8) is 0 Å². The van der Waals surface area contributed by atoms with Gasteiger partial charge in [0.05, 0.1) is 5.69 Å². The van der Waals surface area contributed by atoms with Gasteiger partial charge in [-0.2, -0.15) is 0 Å². The number of fused-ring (bicyclic) bond motifs is 1. The number of aryl methyl sites for hydroxylation is 3. The fourth-order valence-electron chi connectivity index (χ4n) is 2.89. The number of rotatable bonds is 3. The molecule has 4 heteroatoms. The minimum Gasteiger partial charge on any atom is -0.378 e. The number of halogens is 1. The summed E-state index contributed by atoms with van der Waals surface area (Å²) in [4.78, 5) is 4.43. The first kappa shape index (κ1) is 14.6. The summed E-state index contributed by atoms with van der Waals surface area (Å²) in [6.07, 6.45) is 5.83. The largest absolute Gasteiger partial charge is 0.378 e. The molecule has 3 aromatic rings. The van der Waals surface area contributed by atoms with Crippen LogP contribution in [0.2, 0.25) is 0 Å². The van der Waals surface area contributed by atoms with E-state index in [4.69, 9.17) is 0 Å². The van der Waals surface area contributed by atoms with Gasteiger partial charge >= 0.3 is 0 Å². The van der Waals surface area contributed by atoms with Crippen molar-refractivity contribution in [2.75, 3.05) is 5.32 Å². The number of nitrogens with zero attached hydrogens (tertiary/aromatic N) is 2. The lowest BCUT2D eigenvalue weighted by atomic mass is 10.0. The number of aromatic nitrogens is 2. The number of pyridine rings is 1. The third-order valence-electron chi connectivity index (χ3n) is 4.29. The molecular weight excluding hydrogens is 277 g/mol. The Hall–Kier alpha value is -2.36. The van der Waals surface area contributed by atoms with Crippen molar-refractivity contribution < 1.29 is 4.39 Å². The molecule has 2 heterocycles. The summed E-state index contributed by atoms with van der Waals surface area (Å²) in [5.41, 5.74) is 7.42. The van der Waals surface area contributed by atoms with Crippen molar-refractivity contribution in [1.29, 1.82) is 0 Å². The summed E-state index contributed by atoms with van der Waals surface area (Å²) in [6, 6.07) is 3.16. The van der Waals surface area contributed by atoms with Crippen LogP contribution in [-0.4, -0.2) is 9.38 Å². The molecule has 2 aromatic heterocycles. The number of imidazole rings is 1. The van der Waals surface area contributed by atoms with Gasteiger partial charge in [-0.05, 0) is 67.6 Å². The van der Waals surface area contributed by atoms with Crippen molar-refractivity contribution in [1.82, 2.24) is 9.38 Å². The van der Waals surface area contributed by atoms with Gasteiger partial charge in [0.15, 0.2) is 5.65 Å². The maximum absolute atomic E-state index is 13.4. The Morgan fingerprint density at radius 3 is 2.45 bits per heavy atom. The quantitative estimate of drug-likeness (QED) is 0.780. The first-order chi connectivity index (χ1) is 10.5. The Labute approximate surface area is 129 Å². The highest BCUT2D eigenvalue weighted by Gasteiger charge is 2.11. The Kier molecular flexibility index (Phi) is 3.61. The van der Waals surface area contributed by atoms with Crippen LogP contribution >= 0.6 is 0 Å². The van der Waals surface area contributed by atoms with E-state index in [-0.39, 0.29) is 5.82 Å². The maximum atomic E-state index is 13.4. The fraction of sp³-hybridized carbons (Fsp3) is 0.278. The van der Waals surface area contributed by atoms with Crippen molar-refractivity contribution in [3.8, 4) is 0 Å². The molecule has 0 amide bonds. The zero-order valence-corrected chi connectivity index (χ0v) is 13.4. The van der Waals surface area contributed by atoms with Crippen molar-refractivity contribution in [2.24, 2.45) is 0 Å². The molecule has 0 radical (unpaired) electrons. The highest BCUT2D eigenvalue weighted by atomic mass is 19.1. The first-order valence-electron chi connectivity index (χ1n) is 7.39. The molecular formula is C18H20FN3. The molecule has 0 aliphatic heterocycles. The third-order valence-corrected chi connectivity index (χ3v) is 4.29. The van der Waals surface area contributed by atoms with Crippen LogP contribution in [0.3, 0.4) is 0 Å². The molecule has 0 saturated heterocycles. The molecule has 0 bridgehead atoms. The molecule has 114 valence electrons. The second kappa shape index (κ2) is 5.44. The van der Waals surface area contributed by atoms with Gasteiger partial charge in [-0.25, -0.2) is 9.37 Å². The summed E-state index contributed by atoms with van der Waals surface area (Å²) < 4.78 is 15.4. The average Bonchev–Trinajstić information content (AvgIpc) is 2.89. The molecule has 0 unspecified atom stereocenters.